The lowest BCUT2D eigenvalue weighted by Gasteiger charge is -2.13. The number of hydrogen-bond acceptors (Lipinski definition) is 2. The van der Waals surface area contributed by atoms with Gasteiger partial charge in [0.15, 0.2) is 0 Å². The zero-order chi connectivity index (χ0) is 18.0. The molecule has 4 aromatic carbocycles. The molecule has 3 nitrogen and oxygen atoms in total. The summed E-state index contributed by atoms with van der Waals surface area (Å²) in [7, 11) is -3.64. The first-order valence-corrected chi connectivity index (χ1v) is 9.78. The van der Waals surface area contributed by atoms with Crippen molar-refractivity contribution in [1.82, 2.24) is 0 Å². The van der Waals surface area contributed by atoms with Crippen molar-refractivity contribution in [2.24, 2.45) is 0 Å². The zero-order valence-electron chi connectivity index (χ0n) is 14.0. The van der Waals surface area contributed by atoms with Crippen LogP contribution >= 0.6 is 0 Å². The smallest absolute Gasteiger partial charge is 0.261 e. The fourth-order valence-electron chi connectivity index (χ4n) is 2.98. The lowest BCUT2D eigenvalue weighted by atomic mass is 10.0. The van der Waals surface area contributed by atoms with Gasteiger partial charge in [0.1, 0.15) is 0 Å². The molecule has 26 heavy (non-hydrogen) atoms. The molecule has 0 saturated heterocycles. The highest BCUT2D eigenvalue weighted by atomic mass is 32.2. The average molecular weight is 359 g/mol. The molecule has 0 atom stereocenters. The van der Waals surface area contributed by atoms with Crippen LogP contribution in [0, 0.1) is 0 Å². The molecule has 0 fully saturated rings. The van der Waals surface area contributed by atoms with Gasteiger partial charge < -0.3 is 0 Å². The summed E-state index contributed by atoms with van der Waals surface area (Å²) in [6.07, 6.45) is 0. The Morgan fingerprint density at radius 3 is 2.08 bits per heavy atom. The standard InChI is InChI=1S/C22H17NO2S/c24-26(25,20-10-2-1-3-11-20)23-22-13-7-6-12-21(22)19-15-14-17-8-4-5-9-18(17)16-19/h1-16,23H. The molecular weight excluding hydrogens is 342 g/mol. The van der Waals surface area contributed by atoms with Crippen molar-refractivity contribution in [3.8, 4) is 11.1 Å². The maximum absolute atomic E-state index is 12.7. The van der Waals surface area contributed by atoms with Crippen LogP contribution in [0.5, 0.6) is 0 Å². The predicted molar refractivity (Wildman–Crippen MR) is 107 cm³/mol. The minimum atomic E-state index is -3.64. The number of rotatable bonds is 4. The number of para-hydroxylation sites is 1. The largest absolute Gasteiger partial charge is 0.279 e. The van der Waals surface area contributed by atoms with E-state index in [0.29, 0.717) is 5.69 Å². The van der Waals surface area contributed by atoms with E-state index in [1.165, 1.54) is 0 Å². The summed E-state index contributed by atoms with van der Waals surface area (Å²) in [6, 6.07) is 30.1. The molecule has 0 amide bonds. The Morgan fingerprint density at radius 2 is 1.27 bits per heavy atom. The Kier molecular flexibility index (Phi) is 4.19. The molecule has 4 rings (SSSR count). The number of nitrogens with one attached hydrogen (secondary N) is 1. The van der Waals surface area contributed by atoms with Crippen LogP contribution in [0.3, 0.4) is 0 Å². The first-order chi connectivity index (χ1) is 12.6. The summed E-state index contributed by atoms with van der Waals surface area (Å²) in [6.45, 7) is 0. The average Bonchev–Trinajstić information content (AvgIpc) is 2.68. The van der Waals surface area contributed by atoms with Crippen LogP contribution in [-0.4, -0.2) is 8.42 Å². The lowest BCUT2D eigenvalue weighted by Crippen LogP contribution is -2.13. The lowest BCUT2D eigenvalue weighted by molar-refractivity contribution is 0.601. The maximum atomic E-state index is 12.7. The fraction of sp³-hybridized carbons (Fsp3) is 0. The van der Waals surface area contributed by atoms with Gasteiger partial charge in [-0.05, 0) is 40.6 Å². The molecule has 0 radical (unpaired) electrons. The Morgan fingerprint density at radius 1 is 0.615 bits per heavy atom. The zero-order valence-corrected chi connectivity index (χ0v) is 14.8. The van der Waals surface area contributed by atoms with E-state index in [9.17, 15) is 8.42 Å². The Hall–Kier alpha value is -3.11. The van der Waals surface area contributed by atoms with Crippen LogP contribution in [0.1, 0.15) is 0 Å². The molecular formula is C22H17NO2S. The summed E-state index contributed by atoms with van der Waals surface area (Å²) >= 11 is 0. The van der Waals surface area contributed by atoms with Gasteiger partial charge >= 0.3 is 0 Å². The number of hydrogen-bond donors (Lipinski definition) is 1. The highest BCUT2D eigenvalue weighted by Gasteiger charge is 2.16. The predicted octanol–water partition coefficient (Wildman–Crippen LogP) is 5.31. The van der Waals surface area contributed by atoms with Crippen LogP contribution < -0.4 is 4.72 Å². The Labute approximate surface area is 153 Å². The summed E-state index contributed by atoms with van der Waals surface area (Å²) in [4.78, 5) is 0.244. The molecule has 0 aromatic heterocycles. The third-order valence-electron chi connectivity index (χ3n) is 4.29. The van der Waals surface area contributed by atoms with Crippen molar-refractivity contribution < 1.29 is 8.42 Å². The molecule has 0 aliphatic rings. The first-order valence-electron chi connectivity index (χ1n) is 8.29. The van der Waals surface area contributed by atoms with Gasteiger partial charge in [0.05, 0.1) is 10.6 Å². The second-order valence-corrected chi connectivity index (χ2v) is 7.71. The monoisotopic (exact) mass is 359 g/mol. The van der Waals surface area contributed by atoms with Crippen LogP contribution in [-0.2, 0) is 10.0 Å². The van der Waals surface area contributed by atoms with Gasteiger partial charge in [0, 0.05) is 5.56 Å². The molecule has 0 heterocycles. The van der Waals surface area contributed by atoms with Crippen molar-refractivity contribution in [2.75, 3.05) is 4.72 Å². The number of benzene rings is 4. The van der Waals surface area contributed by atoms with Gasteiger partial charge in [-0.15, -0.1) is 0 Å². The van der Waals surface area contributed by atoms with Gasteiger partial charge in [-0.1, -0.05) is 72.8 Å². The molecule has 0 saturated carbocycles. The Bertz CT molecular complexity index is 1170. The summed E-state index contributed by atoms with van der Waals surface area (Å²) in [5.74, 6) is 0. The molecule has 128 valence electrons. The van der Waals surface area contributed by atoms with E-state index in [1.54, 1.807) is 36.4 Å². The fourth-order valence-corrected chi connectivity index (χ4v) is 4.08. The normalized spacial score (nSPS) is 11.4. The topological polar surface area (TPSA) is 46.2 Å². The van der Waals surface area contributed by atoms with E-state index >= 15 is 0 Å². The second-order valence-electron chi connectivity index (χ2n) is 6.03. The number of fused-ring (bicyclic) bond motifs is 1. The van der Waals surface area contributed by atoms with E-state index in [0.717, 1.165) is 21.9 Å². The molecule has 0 bridgehead atoms. The van der Waals surface area contributed by atoms with Crippen molar-refractivity contribution in [1.29, 1.82) is 0 Å². The minimum Gasteiger partial charge on any atom is -0.279 e. The van der Waals surface area contributed by atoms with Crippen molar-refractivity contribution in [3.63, 3.8) is 0 Å². The van der Waals surface area contributed by atoms with Crippen LogP contribution in [0.15, 0.2) is 102 Å². The van der Waals surface area contributed by atoms with E-state index in [1.807, 2.05) is 42.5 Å². The summed E-state index contributed by atoms with van der Waals surface area (Å²) in [5.41, 5.74) is 2.37. The highest BCUT2D eigenvalue weighted by molar-refractivity contribution is 7.92. The second kappa shape index (κ2) is 6.65. The van der Waals surface area contributed by atoms with Crippen LogP contribution in [0.2, 0.25) is 0 Å². The summed E-state index contributed by atoms with van der Waals surface area (Å²) in [5, 5.41) is 2.27. The van der Waals surface area contributed by atoms with E-state index < -0.39 is 10.0 Å². The number of sulfonamides is 1. The highest BCUT2D eigenvalue weighted by Crippen LogP contribution is 2.31. The molecule has 0 spiro atoms. The summed E-state index contributed by atoms with van der Waals surface area (Å²) < 4.78 is 28.1. The molecule has 1 N–H and O–H groups in total. The molecule has 0 aliphatic heterocycles. The van der Waals surface area contributed by atoms with Gasteiger partial charge in [0.2, 0.25) is 0 Å². The molecule has 4 heteroatoms. The number of anilines is 1. The molecule has 0 unspecified atom stereocenters. The van der Waals surface area contributed by atoms with Gasteiger partial charge in [0.25, 0.3) is 10.0 Å². The third-order valence-corrected chi connectivity index (χ3v) is 5.67. The molecule has 4 aromatic rings. The Balaban J connectivity index is 1.77. The van der Waals surface area contributed by atoms with E-state index in [2.05, 4.69) is 22.9 Å². The van der Waals surface area contributed by atoms with Crippen molar-refractivity contribution in [3.05, 3.63) is 97.1 Å². The molecule has 0 aliphatic carbocycles. The van der Waals surface area contributed by atoms with Crippen LogP contribution in [0.4, 0.5) is 5.69 Å². The first kappa shape index (κ1) is 16.4. The van der Waals surface area contributed by atoms with E-state index in [4.69, 9.17) is 0 Å². The third kappa shape index (κ3) is 3.19. The quantitative estimate of drug-likeness (QED) is 0.537. The van der Waals surface area contributed by atoms with E-state index in [-0.39, 0.29) is 4.90 Å². The van der Waals surface area contributed by atoms with Crippen LogP contribution in [0.25, 0.3) is 21.9 Å². The van der Waals surface area contributed by atoms with Gasteiger partial charge in [-0.3, -0.25) is 4.72 Å². The maximum Gasteiger partial charge on any atom is 0.261 e. The SMILES string of the molecule is O=S(=O)(Nc1ccccc1-c1ccc2ccccc2c1)c1ccccc1. The van der Waals surface area contributed by atoms with Crippen molar-refractivity contribution in [2.45, 2.75) is 4.90 Å². The van der Waals surface area contributed by atoms with Crippen molar-refractivity contribution >= 4 is 26.5 Å². The van der Waals surface area contributed by atoms with Gasteiger partial charge in [-0.2, -0.15) is 0 Å². The minimum absolute atomic E-state index is 0.244. The van der Waals surface area contributed by atoms with Gasteiger partial charge in [-0.25, -0.2) is 8.42 Å².